The second kappa shape index (κ2) is 5.43. The molecule has 19 heavy (non-hydrogen) atoms. The maximum atomic E-state index is 12.6. The molecule has 0 amide bonds. The highest BCUT2D eigenvalue weighted by atomic mass is 32.2. The Kier molecular flexibility index (Phi) is 4.06. The van der Waals surface area contributed by atoms with Crippen LogP contribution in [0.2, 0.25) is 0 Å². The number of piperidine rings is 1. The molecule has 0 aromatic heterocycles. The lowest BCUT2D eigenvalue weighted by Gasteiger charge is -2.34. The summed E-state index contributed by atoms with van der Waals surface area (Å²) < 4.78 is 26.8. The molecule has 0 radical (unpaired) electrons. The standard InChI is InChI=1S/C14H19NO3S/c1-11-7-12(2)9-15(8-11)19(17,18)14-6-4-3-5-13(14)10-16/h3-6,10-12H,7-9H2,1-2H3/t11-,12-/m1/s1. The quantitative estimate of drug-likeness (QED) is 0.798. The van der Waals surface area contributed by atoms with Crippen LogP contribution in [-0.4, -0.2) is 32.1 Å². The molecular formula is C14H19NO3S. The van der Waals surface area contributed by atoms with E-state index in [0.29, 0.717) is 31.2 Å². The van der Waals surface area contributed by atoms with Crippen molar-refractivity contribution >= 4 is 16.3 Å². The van der Waals surface area contributed by atoms with E-state index in [0.717, 1.165) is 6.42 Å². The Morgan fingerprint density at radius 3 is 2.32 bits per heavy atom. The van der Waals surface area contributed by atoms with E-state index in [1.54, 1.807) is 12.1 Å². The molecular weight excluding hydrogens is 262 g/mol. The predicted molar refractivity (Wildman–Crippen MR) is 73.5 cm³/mol. The molecule has 0 aliphatic carbocycles. The van der Waals surface area contributed by atoms with Crippen molar-refractivity contribution in [3.63, 3.8) is 0 Å². The van der Waals surface area contributed by atoms with Crippen LogP contribution in [0.5, 0.6) is 0 Å². The van der Waals surface area contributed by atoms with Gasteiger partial charge in [-0.1, -0.05) is 32.0 Å². The average molecular weight is 281 g/mol. The van der Waals surface area contributed by atoms with E-state index in [1.807, 2.05) is 0 Å². The van der Waals surface area contributed by atoms with E-state index in [-0.39, 0.29) is 10.5 Å². The smallest absolute Gasteiger partial charge is 0.243 e. The molecule has 0 bridgehead atoms. The number of hydrogen-bond acceptors (Lipinski definition) is 3. The summed E-state index contributed by atoms with van der Waals surface area (Å²) >= 11 is 0. The summed E-state index contributed by atoms with van der Waals surface area (Å²) in [5, 5.41) is 0. The molecule has 1 aliphatic rings. The maximum absolute atomic E-state index is 12.6. The summed E-state index contributed by atoms with van der Waals surface area (Å²) in [6.45, 7) is 5.17. The molecule has 2 rings (SSSR count). The van der Waals surface area contributed by atoms with Gasteiger partial charge >= 0.3 is 0 Å². The predicted octanol–water partition coefficient (Wildman–Crippen LogP) is 2.17. The first-order valence-corrected chi connectivity index (χ1v) is 7.93. The number of carbonyl (C=O) groups is 1. The lowest BCUT2D eigenvalue weighted by Crippen LogP contribution is -2.42. The first-order chi connectivity index (χ1) is 8.95. The molecule has 1 heterocycles. The molecule has 1 fully saturated rings. The second-order valence-electron chi connectivity index (χ2n) is 5.42. The molecule has 2 atom stereocenters. The van der Waals surface area contributed by atoms with E-state index in [1.165, 1.54) is 16.4 Å². The van der Waals surface area contributed by atoms with Crippen LogP contribution in [0.25, 0.3) is 0 Å². The minimum absolute atomic E-state index is 0.117. The van der Waals surface area contributed by atoms with Gasteiger partial charge in [0.25, 0.3) is 0 Å². The van der Waals surface area contributed by atoms with Crippen molar-refractivity contribution in [1.29, 1.82) is 0 Å². The summed E-state index contributed by atoms with van der Waals surface area (Å²) in [6.07, 6.45) is 1.64. The highest BCUT2D eigenvalue weighted by Crippen LogP contribution is 2.27. The van der Waals surface area contributed by atoms with Crippen LogP contribution in [-0.2, 0) is 10.0 Å². The zero-order valence-electron chi connectivity index (χ0n) is 11.2. The van der Waals surface area contributed by atoms with E-state index < -0.39 is 10.0 Å². The number of aldehydes is 1. The monoisotopic (exact) mass is 281 g/mol. The van der Waals surface area contributed by atoms with Gasteiger partial charge < -0.3 is 0 Å². The Hall–Kier alpha value is -1.20. The molecule has 0 saturated carbocycles. The molecule has 0 N–H and O–H groups in total. The molecule has 0 unspecified atom stereocenters. The molecule has 1 aliphatic heterocycles. The fourth-order valence-electron chi connectivity index (χ4n) is 2.75. The summed E-state index contributed by atoms with van der Waals surface area (Å²) in [4.78, 5) is 11.1. The van der Waals surface area contributed by atoms with Crippen molar-refractivity contribution in [2.75, 3.05) is 13.1 Å². The van der Waals surface area contributed by atoms with Gasteiger partial charge in [-0.15, -0.1) is 0 Å². The van der Waals surface area contributed by atoms with E-state index in [4.69, 9.17) is 0 Å². The van der Waals surface area contributed by atoms with Crippen LogP contribution in [0.3, 0.4) is 0 Å². The van der Waals surface area contributed by atoms with Gasteiger partial charge in [0, 0.05) is 18.7 Å². The largest absolute Gasteiger partial charge is 0.298 e. The lowest BCUT2D eigenvalue weighted by molar-refractivity contribution is 0.112. The number of nitrogens with zero attached hydrogens (tertiary/aromatic N) is 1. The van der Waals surface area contributed by atoms with Crippen molar-refractivity contribution in [3.05, 3.63) is 29.8 Å². The molecule has 5 heteroatoms. The number of carbonyl (C=O) groups excluding carboxylic acids is 1. The Labute approximate surface area is 114 Å². The third-order valence-corrected chi connectivity index (χ3v) is 5.40. The Morgan fingerprint density at radius 1 is 1.16 bits per heavy atom. The van der Waals surface area contributed by atoms with Crippen molar-refractivity contribution in [3.8, 4) is 0 Å². The second-order valence-corrected chi connectivity index (χ2v) is 7.33. The van der Waals surface area contributed by atoms with Crippen LogP contribution < -0.4 is 0 Å². The normalized spacial score (nSPS) is 25.2. The van der Waals surface area contributed by atoms with Gasteiger partial charge in [-0.25, -0.2) is 8.42 Å². The minimum atomic E-state index is -3.57. The van der Waals surface area contributed by atoms with E-state index in [9.17, 15) is 13.2 Å². The highest BCUT2D eigenvalue weighted by Gasteiger charge is 2.32. The molecule has 1 aromatic carbocycles. The third kappa shape index (κ3) is 2.87. The Bertz CT molecular complexity index is 558. The van der Waals surface area contributed by atoms with Gasteiger partial charge in [-0.2, -0.15) is 4.31 Å². The van der Waals surface area contributed by atoms with Crippen LogP contribution in [0.15, 0.2) is 29.2 Å². The van der Waals surface area contributed by atoms with Gasteiger partial charge in [-0.05, 0) is 24.3 Å². The molecule has 0 spiro atoms. The van der Waals surface area contributed by atoms with Crippen molar-refractivity contribution in [1.82, 2.24) is 4.31 Å². The number of benzene rings is 1. The van der Waals surface area contributed by atoms with Crippen molar-refractivity contribution in [2.45, 2.75) is 25.2 Å². The summed E-state index contributed by atoms with van der Waals surface area (Å²) in [7, 11) is -3.57. The van der Waals surface area contributed by atoms with E-state index in [2.05, 4.69) is 13.8 Å². The number of rotatable bonds is 3. The maximum Gasteiger partial charge on any atom is 0.243 e. The fourth-order valence-corrected chi connectivity index (χ4v) is 4.60. The summed E-state index contributed by atoms with van der Waals surface area (Å²) in [5.41, 5.74) is 0.230. The first kappa shape index (κ1) is 14.2. The van der Waals surface area contributed by atoms with Gasteiger partial charge in [-0.3, -0.25) is 4.79 Å². The third-order valence-electron chi connectivity index (χ3n) is 3.50. The van der Waals surface area contributed by atoms with Crippen LogP contribution in [0.1, 0.15) is 30.6 Å². The fraction of sp³-hybridized carbons (Fsp3) is 0.500. The molecule has 104 valence electrons. The zero-order chi connectivity index (χ0) is 14.0. The Morgan fingerprint density at radius 2 is 1.74 bits per heavy atom. The Balaban J connectivity index is 2.39. The van der Waals surface area contributed by atoms with Gasteiger partial charge in [0.2, 0.25) is 10.0 Å². The highest BCUT2D eigenvalue weighted by molar-refractivity contribution is 7.89. The summed E-state index contributed by atoms with van der Waals surface area (Å²) in [6, 6.07) is 6.36. The van der Waals surface area contributed by atoms with Crippen molar-refractivity contribution < 1.29 is 13.2 Å². The minimum Gasteiger partial charge on any atom is -0.298 e. The topological polar surface area (TPSA) is 54.5 Å². The van der Waals surface area contributed by atoms with Gasteiger partial charge in [0.05, 0.1) is 4.90 Å². The molecule has 4 nitrogen and oxygen atoms in total. The molecule has 1 aromatic rings. The van der Waals surface area contributed by atoms with Crippen LogP contribution in [0.4, 0.5) is 0 Å². The molecule has 1 saturated heterocycles. The van der Waals surface area contributed by atoms with Crippen LogP contribution in [0, 0.1) is 11.8 Å². The van der Waals surface area contributed by atoms with Crippen molar-refractivity contribution in [2.24, 2.45) is 11.8 Å². The van der Waals surface area contributed by atoms with E-state index >= 15 is 0 Å². The number of sulfonamides is 1. The number of hydrogen-bond donors (Lipinski definition) is 0. The lowest BCUT2D eigenvalue weighted by atomic mass is 9.94. The summed E-state index contributed by atoms with van der Waals surface area (Å²) in [5.74, 6) is 0.698. The SMILES string of the molecule is C[C@@H]1C[C@@H](C)CN(S(=O)(=O)c2ccccc2C=O)C1. The first-order valence-electron chi connectivity index (χ1n) is 6.49. The van der Waals surface area contributed by atoms with Gasteiger partial charge in [0.1, 0.15) is 0 Å². The average Bonchev–Trinajstić information content (AvgIpc) is 2.37. The van der Waals surface area contributed by atoms with Gasteiger partial charge in [0.15, 0.2) is 6.29 Å². The zero-order valence-corrected chi connectivity index (χ0v) is 12.1. The van der Waals surface area contributed by atoms with Crippen LogP contribution >= 0.6 is 0 Å².